The van der Waals surface area contributed by atoms with Crippen LogP contribution in [-0.4, -0.2) is 0 Å². The van der Waals surface area contributed by atoms with Gasteiger partial charge in [-0.3, -0.25) is 0 Å². The molecule has 0 aliphatic heterocycles. The maximum absolute atomic E-state index is 0. The monoisotopic (exact) mass is 313 g/mol. The van der Waals surface area contributed by atoms with Gasteiger partial charge in [-0.25, -0.2) is 0 Å². The average molecular weight is 316 g/mol. The Bertz CT molecular complexity index is 4.14. The molecule has 7 heteroatoms. The summed E-state index contributed by atoms with van der Waals surface area (Å²) in [5, 5.41) is 0. The van der Waals surface area contributed by atoms with Crippen molar-refractivity contribution in [3.05, 3.63) is 0 Å². The second kappa shape index (κ2) is 81.2. The molecular formula is Cl6Rh-6. The van der Waals surface area contributed by atoms with E-state index in [9.17, 15) is 0 Å². The first kappa shape index (κ1) is 117. The van der Waals surface area contributed by atoms with Crippen molar-refractivity contribution < 1.29 is 93.9 Å². The molecule has 0 aromatic carbocycles. The fraction of sp³-hybridized carbons (Fsp3) is 0. The third-order valence-electron chi connectivity index (χ3n) is 0. The minimum atomic E-state index is 0. The van der Waals surface area contributed by atoms with E-state index in [1.54, 1.807) is 0 Å². The van der Waals surface area contributed by atoms with Gasteiger partial charge in [-0.05, 0) is 0 Å². The van der Waals surface area contributed by atoms with Gasteiger partial charge in [0.25, 0.3) is 0 Å². The van der Waals surface area contributed by atoms with Gasteiger partial charge < -0.3 is 74.4 Å². The Morgan fingerprint density at radius 3 is 0.286 bits per heavy atom. The molecule has 57 valence electrons. The van der Waals surface area contributed by atoms with Crippen LogP contribution in [0.25, 0.3) is 0 Å². The zero-order valence-electron chi connectivity index (χ0n) is 2.60. The molecule has 0 saturated carbocycles. The molecule has 0 spiro atoms. The largest absolute Gasteiger partial charge is 1.00 e. The summed E-state index contributed by atoms with van der Waals surface area (Å²) >= 11 is 0. The van der Waals surface area contributed by atoms with Gasteiger partial charge in [0, 0.05) is 19.5 Å². The van der Waals surface area contributed by atoms with E-state index in [0.717, 1.165) is 0 Å². The van der Waals surface area contributed by atoms with E-state index in [4.69, 9.17) is 0 Å². The second-order valence-corrected chi connectivity index (χ2v) is 0. The molecule has 0 saturated heterocycles. The van der Waals surface area contributed by atoms with Crippen LogP contribution in [0.1, 0.15) is 0 Å². The van der Waals surface area contributed by atoms with E-state index >= 15 is 0 Å². The Morgan fingerprint density at radius 1 is 0.286 bits per heavy atom. The zero-order valence-corrected chi connectivity index (χ0v) is 8.78. The number of hydrogen-bond donors (Lipinski definition) is 0. The molecule has 0 heterocycles. The predicted molar refractivity (Wildman–Crippen MR) is 0 cm³/mol. The van der Waals surface area contributed by atoms with E-state index in [2.05, 4.69) is 0 Å². The molecule has 0 N–H and O–H groups in total. The molecule has 0 rings (SSSR count). The van der Waals surface area contributed by atoms with Gasteiger partial charge in [-0.1, -0.05) is 0 Å². The van der Waals surface area contributed by atoms with Crippen LogP contribution < -0.4 is 74.4 Å². The fourth-order valence-corrected chi connectivity index (χ4v) is 0. The Labute approximate surface area is 93.2 Å². The van der Waals surface area contributed by atoms with E-state index in [0.29, 0.717) is 0 Å². The maximum Gasteiger partial charge on any atom is 0 e. The summed E-state index contributed by atoms with van der Waals surface area (Å²) in [4.78, 5) is 0. The van der Waals surface area contributed by atoms with Crippen molar-refractivity contribution in [3.8, 4) is 0 Å². The van der Waals surface area contributed by atoms with Gasteiger partial charge in [-0.15, -0.1) is 0 Å². The summed E-state index contributed by atoms with van der Waals surface area (Å²) < 4.78 is 0. The third kappa shape index (κ3) is 60.6. The van der Waals surface area contributed by atoms with Crippen molar-refractivity contribution in [2.24, 2.45) is 0 Å². The number of hydrogen-bond acceptors (Lipinski definition) is 0. The molecule has 0 aliphatic rings. The van der Waals surface area contributed by atoms with Gasteiger partial charge in [0.1, 0.15) is 0 Å². The Balaban J connectivity index is 0. The minimum absolute atomic E-state index is 0. The van der Waals surface area contributed by atoms with Gasteiger partial charge in [0.15, 0.2) is 0 Å². The average Bonchev–Trinajstić information content (AvgIpc) is 0. The molecule has 7 heavy (non-hydrogen) atoms. The van der Waals surface area contributed by atoms with Crippen molar-refractivity contribution in [1.82, 2.24) is 0 Å². The molecule has 0 fully saturated rings. The van der Waals surface area contributed by atoms with Crippen LogP contribution in [0, 0.1) is 0 Å². The van der Waals surface area contributed by atoms with Crippen molar-refractivity contribution in [1.29, 1.82) is 0 Å². The summed E-state index contributed by atoms with van der Waals surface area (Å²) in [5.74, 6) is 0. The fourth-order valence-electron chi connectivity index (χ4n) is 0. The Morgan fingerprint density at radius 2 is 0.286 bits per heavy atom. The summed E-state index contributed by atoms with van der Waals surface area (Å²) in [6.45, 7) is 0. The molecule has 0 atom stereocenters. The van der Waals surface area contributed by atoms with Gasteiger partial charge in [0.2, 0.25) is 0 Å². The van der Waals surface area contributed by atoms with Crippen LogP contribution in [0.2, 0.25) is 0 Å². The van der Waals surface area contributed by atoms with Gasteiger partial charge in [-0.2, -0.15) is 0 Å². The molecule has 1 radical (unpaired) electrons. The molecule has 0 unspecified atom stereocenters. The summed E-state index contributed by atoms with van der Waals surface area (Å²) in [7, 11) is 0. The van der Waals surface area contributed by atoms with E-state index in [-0.39, 0.29) is 93.9 Å². The van der Waals surface area contributed by atoms with E-state index in [1.807, 2.05) is 0 Å². The third-order valence-corrected chi connectivity index (χ3v) is 0. The quantitative estimate of drug-likeness (QED) is 0.390. The van der Waals surface area contributed by atoms with Gasteiger partial charge >= 0.3 is 0 Å². The van der Waals surface area contributed by atoms with Gasteiger partial charge in [0.05, 0.1) is 0 Å². The van der Waals surface area contributed by atoms with Crippen molar-refractivity contribution >= 4 is 0 Å². The topological polar surface area (TPSA) is 0 Å². The molecule has 0 aromatic rings. The molecule has 0 aromatic heterocycles. The van der Waals surface area contributed by atoms with Crippen molar-refractivity contribution in [2.45, 2.75) is 0 Å². The predicted octanol–water partition coefficient (Wildman–Crippen LogP) is -18.0. The summed E-state index contributed by atoms with van der Waals surface area (Å²) in [5.41, 5.74) is 0. The first-order chi connectivity index (χ1) is 0. The zero-order chi connectivity index (χ0) is 0. The summed E-state index contributed by atoms with van der Waals surface area (Å²) in [6, 6.07) is 0. The van der Waals surface area contributed by atoms with Crippen LogP contribution in [0.15, 0.2) is 0 Å². The van der Waals surface area contributed by atoms with Crippen molar-refractivity contribution in [2.75, 3.05) is 0 Å². The number of rotatable bonds is 0. The first-order valence-corrected chi connectivity index (χ1v) is 0. The van der Waals surface area contributed by atoms with Crippen LogP contribution in [0.4, 0.5) is 0 Å². The first-order valence-electron chi connectivity index (χ1n) is 0. The maximum atomic E-state index is 0. The van der Waals surface area contributed by atoms with Crippen LogP contribution >= 0.6 is 0 Å². The molecule has 0 aliphatic carbocycles. The van der Waals surface area contributed by atoms with Crippen LogP contribution in [-0.2, 0) is 19.5 Å². The molecule has 0 bridgehead atoms. The van der Waals surface area contributed by atoms with E-state index < -0.39 is 0 Å². The standard InChI is InChI=1S/6ClH.Rh/h6*1H;/p-6. The van der Waals surface area contributed by atoms with Crippen LogP contribution in [0.3, 0.4) is 0 Å². The molecular weight excluding hydrogens is 316 g/mol. The summed E-state index contributed by atoms with van der Waals surface area (Å²) in [6.07, 6.45) is 0. The normalized spacial score (nSPS) is 0. The second-order valence-electron chi connectivity index (χ2n) is 0. The smallest absolute Gasteiger partial charge is 0 e. The Kier molecular flexibility index (Phi) is 1360. The van der Waals surface area contributed by atoms with Crippen molar-refractivity contribution in [3.63, 3.8) is 0 Å². The minimum Gasteiger partial charge on any atom is -1.00 e. The Hall–Kier alpha value is 2.36. The van der Waals surface area contributed by atoms with Crippen LogP contribution in [0.5, 0.6) is 0 Å². The number of halogens is 6. The SMILES string of the molecule is [Cl-].[Cl-].[Cl-].[Cl-].[Cl-].[Cl-].[Rh]. The molecule has 0 amide bonds. The van der Waals surface area contributed by atoms with E-state index in [1.165, 1.54) is 0 Å². The molecule has 0 nitrogen and oxygen atoms in total.